The maximum atomic E-state index is 13.1. The topological polar surface area (TPSA) is 97.3 Å². The number of amidine groups is 1. The molecule has 0 radical (unpaired) electrons. The molecule has 2 rings (SSSR count). The predicted molar refractivity (Wildman–Crippen MR) is 136 cm³/mol. The molecule has 2 heterocycles. The molecule has 1 N–H and O–H groups in total. The van der Waals surface area contributed by atoms with Crippen molar-refractivity contribution in [3.05, 3.63) is 24.3 Å². The number of Topliss-reactive ketones (excluding diaryl/α,β-unsaturated/α-hetero) is 1. The number of β-lactam (4-membered cyclic amide) rings is 1. The van der Waals surface area contributed by atoms with Crippen LogP contribution in [0.25, 0.3) is 0 Å². The number of ether oxygens (including phenoxy) is 1. The third-order valence-corrected chi connectivity index (χ3v) is 7.94. The Hall–Kier alpha value is -2.26. The molecule has 0 saturated carbocycles. The van der Waals surface area contributed by atoms with Gasteiger partial charge < -0.3 is 19.4 Å². The quantitative estimate of drug-likeness (QED) is 0.229. The highest BCUT2D eigenvalue weighted by Crippen LogP contribution is 2.45. The molecule has 0 aromatic heterocycles. The normalized spacial score (nSPS) is 26.2. The standard InChI is InChI=1S/C25H41N3O5Si/c1-10-13-32-23(31)27-20-12-11-17(28(20)7)14-16(2)19(29)15-18-21(22(30)26-18)25(6,24(3,4)5)33-34(8)9/h10,14,17-18,21,34H,1,11-13,15H2,2-9H3,(H,26,30)/b16-14+,27-20?/t17-,18+,21+,25+/m0/s1. The second kappa shape index (κ2) is 11.0. The Balaban J connectivity index is 2.09. The molecule has 2 aliphatic rings. The fourth-order valence-electron chi connectivity index (χ4n) is 4.63. The van der Waals surface area contributed by atoms with E-state index in [9.17, 15) is 14.4 Å². The van der Waals surface area contributed by atoms with E-state index in [1.54, 1.807) is 6.92 Å². The number of carbonyl (C=O) groups excluding carboxylic acids is 3. The molecule has 0 bridgehead atoms. The van der Waals surface area contributed by atoms with Crippen LogP contribution in [0.5, 0.6) is 0 Å². The summed E-state index contributed by atoms with van der Waals surface area (Å²) in [5.74, 6) is 0.218. The second-order valence-electron chi connectivity index (χ2n) is 10.7. The molecular weight excluding hydrogens is 450 g/mol. The second-order valence-corrected chi connectivity index (χ2v) is 13.0. The first-order chi connectivity index (χ1) is 15.7. The minimum Gasteiger partial charge on any atom is -0.444 e. The lowest BCUT2D eigenvalue weighted by Gasteiger charge is -2.54. The van der Waals surface area contributed by atoms with E-state index in [1.165, 1.54) is 6.08 Å². The van der Waals surface area contributed by atoms with Gasteiger partial charge >= 0.3 is 6.09 Å². The fraction of sp³-hybridized carbons (Fsp3) is 0.680. The summed E-state index contributed by atoms with van der Waals surface area (Å²) in [5, 5.41) is 2.94. The lowest BCUT2D eigenvalue weighted by molar-refractivity contribution is -0.160. The number of amides is 2. The van der Waals surface area contributed by atoms with E-state index in [1.807, 2.05) is 24.9 Å². The van der Waals surface area contributed by atoms with E-state index in [-0.39, 0.29) is 48.1 Å². The smallest absolute Gasteiger partial charge is 0.435 e. The number of nitrogens with zero attached hydrogens (tertiary/aromatic N) is 2. The van der Waals surface area contributed by atoms with Gasteiger partial charge in [0.2, 0.25) is 5.91 Å². The minimum absolute atomic E-state index is 0.00256. The van der Waals surface area contributed by atoms with Gasteiger partial charge in [0.1, 0.15) is 12.4 Å². The van der Waals surface area contributed by atoms with Gasteiger partial charge in [-0.15, -0.1) is 0 Å². The highest BCUT2D eigenvalue weighted by atomic mass is 28.3. The summed E-state index contributed by atoms with van der Waals surface area (Å²) in [5.41, 5.74) is -0.257. The molecule has 0 aromatic carbocycles. The van der Waals surface area contributed by atoms with E-state index in [4.69, 9.17) is 9.16 Å². The molecule has 0 aromatic rings. The van der Waals surface area contributed by atoms with Crippen molar-refractivity contribution >= 4 is 32.7 Å². The average molecular weight is 492 g/mol. The molecule has 2 aliphatic heterocycles. The highest BCUT2D eigenvalue weighted by Gasteiger charge is 2.57. The van der Waals surface area contributed by atoms with Crippen molar-refractivity contribution in [1.82, 2.24) is 10.2 Å². The number of rotatable bonds is 9. The van der Waals surface area contributed by atoms with Crippen molar-refractivity contribution in [2.75, 3.05) is 13.7 Å². The average Bonchev–Trinajstić information content (AvgIpc) is 3.03. The van der Waals surface area contributed by atoms with Crippen LogP contribution in [0.15, 0.2) is 29.3 Å². The Morgan fingerprint density at radius 3 is 2.47 bits per heavy atom. The largest absolute Gasteiger partial charge is 0.444 e. The van der Waals surface area contributed by atoms with E-state index < -0.39 is 20.7 Å². The lowest BCUT2D eigenvalue weighted by atomic mass is 9.63. The first kappa shape index (κ1) is 28.0. The van der Waals surface area contributed by atoms with Gasteiger partial charge in [0.15, 0.2) is 14.8 Å². The van der Waals surface area contributed by atoms with Crippen LogP contribution < -0.4 is 5.32 Å². The summed E-state index contributed by atoms with van der Waals surface area (Å²) in [4.78, 5) is 43.4. The zero-order valence-electron chi connectivity index (χ0n) is 21.9. The van der Waals surface area contributed by atoms with Crippen LogP contribution in [0.1, 0.15) is 53.9 Å². The molecule has 0 aliphatic carbocycles. The van der Waals surface area contributed by atoms with Crippen molar-refractivity contribution < 1.29 is 23.5 Å². The highest BCUT2D eigenvalue weighted by molar-refractivity contribution is 6.48. The van der Waals surface area contributed by atoms with E-state index in [0.29, 0.717) is 17.8 Å². The Morgan fingerprint density at radius 2 is 1.94 bits per heavy atom. The zero-order chi connectivity index (χ0) is 25.8. The molecule has 0 unspecified atom stereocenters. The third kappa shape index (κ3) is 6.24. The maximum Gasteiger partial charge on any atom is 0.435 e. The number of ketones is 1. The first-order valence-corrected chi connectivity index (χ1v) is 14.8. The lowest BCUT2D eigenvalue weighted by Crippen LogP contribution is -2.70. The van der Waals surface area contributed by atoms with Crippen molar-refractivity contribution in [2.24, 2.45) is 16.3 Å². The molecule has 2 amide bonds. The number of aliphatic imine (C=N–C) groups is 1. The summed E-state index contributed by atoms with van der Waals surface area (Å²) in [6.07, 6.45) is 4.40. The molecule has 8 nitrogen and oxygen atoms in total. The van der Waals surface area contributed by atoms with Gasteiger partial charge in [-0.2, -0.15) is 4.99 Å². The number of allylic oxidation sites excluding steroid dienone is 1. The molecule has 34 heavy (non-hydrogen) atoms. The predicted octanol–water partition coefficient (Wildman–Crippen LogP) is 3.63. The number of hydrogen-bond acceptors (Lipinski definition) is 5. The molecular formula is C25H41N3O5Si. The van der Waals surface area contributed by atoms with Crippen LogP contribution >= 0.6 is 0 Å². The van der Waals surface area contributed by atoms with Crippen LogP contribution in [-0.4, -0.2) is 68.9 Å². The number of hydrogen-bond donors (Lipinski definition) is 1. The fourth-order valence-corrected chi connectivity index (χ4v) is 6.11. The van der Waals surface area contributed by atoms with Crippen LogP contribution in [-0.2, 0) is 18.8 Å². The van der Waals surface area contributed by atoms with E-state index in [2.05, 4.69) is 50.8 Å². The summed E-state index contributed by atoms with van der Waals surface area (Å²) >= 11 is 0. The molecule has 0 spiro atoms. The van der Waals surface area contributed by atoms with Crippen molar-refractivity contribution in [1.29, 1.82) is 0 Å². The SMILES string of the molecule is C=CCOC(=O)N=C1CC[C@@H](/C=C(\C)C(=O)C[C@H]2NC(=O)[C@@H]2[C@@](C)(O[SiH](C)C)C(C)(C)C)N1C. The number of carbonyl (C=O) groups is 3. The monoisotopic (exact) mass is 491 g/mol. The Morgan fingerprint density at radius 1 is 1.29 bits per heavy atom. The van der Waals surface area contributed by atoms with Gasteiger partial charge in [0.25, 0.3) is 0 Å². The van der Waals surface area contributed by atoms with Crippen LogP contribution in [0.3, 0.4) is 0 Å². The Bertz CT molecular complexity index is 876. The molecule has 190 valence electrons. The Kier molecular flexibility index (Phi) is 9.04. The van der Waals surface area contributed by atoms with Crippen LogP contribution in [0.4, 0.5) is 4.79 Å². The molecule has 2 fully saturated rings. The minimum atomic E-state index is -1.42. The van der Waals surface area contributed by atoms with Crippen LogP contribution in [0, 0.1) is 11.3 Å². The summed E-state index contributed by atoms with van der Waals surface area (Å²) in [7, 11) is 0.433. The van der Waals surface area contributed by atoms with E-state index in [0.717, 1.165) is 6.42 Å². The van der Waals surface area contributed by atoms with Crippen molar-refractivity contribution in [3.8, 4) is 0 Å². The first-order valence-electron chi connectivity index (χ1n) is 12.0. The zero-order valence-corrected chi connectivity index (χ0v) is 23.1. The molecule has 2 saturated heterocycles. The van der Waals surface area contributed by atoms with Gasteiger partial charge in [0, 0.05) is 25.9 Å². The van der Waals surface area contributed by atoms with Gasteiger partial charge in [-0.3, -0.25) is 9.59 Å². The van der Waals surface area contributed by atoms with Gasteiger partial charge in [-0.25, -0.2) is 4.79 Å². The van der Waals surface area contributed by atoms with Crippen molar-refractivity contribution in [3.63, 3.8) is 0 Å². The summed E-state index contributed by atoms with van der Waals surface area (Å²) < 4.78 is 11.4. The van der Waals surface area contributed by atoms with Crippen LogP contribution in [0.2, 0.25) is 13.1 Å². The van der Waals surface area contributed by atoms with Gasteiger partial charge in [-0.05, 0) is 44.4 Å². The van der Waals surface area contributed by atoms with Crippen molar-refractivity contribution in [2.45, 2.75) is 84.7 Å². The van der Waals surface area contributed by atoms with Gasteiger partial charge in [0.05, 0.1) is 17.6 Å². The van der Waals surface area contributed by atoms with Gasteiger partial charge in [-0.1, -0.05) is 39.5 Å². The number of likely N-dealkylation sites (N-methyl/N-ethyl adjacent to an activating group) is 1. The number of nitrogens with one attached hydrogen (secondary N) is 1. The maximum absolute atomic E-state index is 13.1. The van der Waals surface area contributed by atoms with E-state index >= 15 is 0 Å². The summed E-state index contributed by atoms with van der Waals surface area (Å²) in [6.45, 7) is 17.9. The third-order valence-electron chi connectivity index (χ3n) is 6.98. The molecule has 9 heteroatoms. The Labute approximate surface area is 205 Å². The number of likely N-dealkylation sites (tertiary alicyclic amines) is 1. The summed E-state index contributed by atoms with van der Waals surface area (Å²) in [6, 6.07) is -0.282. The molecule has 4 atom stereocenters.